The molecule has 2 aromatic heterocycles. The molecule has 2 aliphatic carbocycles. The Balaban J connectivity index is 0.753. The van der Waals surface area contributed by atoms with Crippen molar-refractivity contribution in [3.8, 4) is 0 Å². The van der Waals surface area contributed by atoms with E-state index in [1.165, 1.54) is 76.2 Å². The van der Waals surface area contributed by atoms with Crippen molar-refractivity contribution in [1.82, 2.24) is 9.97 Å². The standard InChI is InChI=1S/C56H64N2O7S4/c1-3-50(59)63-36-37-65-52(61)45-24-20-43(21-25-45)41-67-56(49-17-11-15-33-58-49)47-27-31-54(39-47,69-56)29-13-9-7-5-4-6-8-12-28-53-30-26-46(38-53)55(68-53,48-16-10-14-32-57-48)66-40-42-18-22-44(23-19-42)51(60)64-35-34-62-2/h3,10-11,14-27,30-33,46-47H,1,4-9,12-13,28-29,34-41H2,2H3. The average molecular weight is 1010 g/mol. The third-order valence-electron chi connectivity index (χ3n) is 13.6. The Kier molecular flexibility index (Phi) is 17.9. The summed E-state index contributed by atoms with van der Waals surface area (Å²) in [6.45, 7) is 3.99. The van der Waals surface area contributed by atoms with Crippen LogP contribution >= 0.6 is 47.0 Å². The van der Waals surface area contributed by atoms with Gasteiger partial charge in [-0.15, -0.1) is 47.0 Å². The molecule has 9 nitrogen and oxygen atoms in total. The molecule has 4 bridgehead atoms. The van der Waals surface area contributed by atoms with E-state index in [-0.39, 0.29) is 43.4 Å². The van der Waals surface area contributed by atoms with Crippen LogP contribution in [-0.2, 0) is 43.4 Å². The van der Waals surface area contributed by atoms with E-state index in [4.69, 9.17) is 28.9 Å². The van der Waals surface area contributed by atoms with Crippen molar-refractivity contribution in [1.29, 1.82) is 0 Å². The summed E-state index contributed by atoms with van der Waals surface area (Å²) in [5.41, 5.74) is 5.65. The number of nitrogens with zero attached hydrogens (tertiary/aromatic N) is 2. The predicted octanol–water partition coefficient (Wildman–Crippen LogP) is 13.1. The van der Waals surface area contributed by atoms with Crippen LogP contribution in [0, 0.1) is 11.8 Å². The molecule has 4 heterocycles. The molecule has 364 valence electrons. The number of hydrogen-bond donors (Lipinski definition) is 0. The van der Waals surface area contributed by atoms with Crippen LogP contribution in [0.5, 0.6) is 0 Å². The van der Waals surface area contributed by atoms with Crippen molar-refractivity contribution in [3.63, 3.8) is 0 Å². The second-order valence-corrected chi connectivity index (χ2v) is 24.7. The van der Waals surface area contributed by atoms with Gasteiger partial charge < -0.3 is 18.9 Å². The van der Waals surface area contributed by atoms with Crippen molar-refractivity contribution in [2.24, 2.45) is 11.8 Å². The molecule has 13 heteroatoms. The first-order chi connectivity index (χ1) is 33.7. The highest BCUT2D eigenvalue weighted by atomic mass is 32.2. The molecule has 0 saturated carbocycles. The highest BCUT2D eigenvalue weighted by Crippen LogP contribution is 2.71. The second-order valence-electron chi connectivity index (χ2n) is 18.4. The van der Waals surface area contributed by atoms with E-state index in [9.17, 15) is 14.4 Å². The number of unbranched alkanes of at least 4 members (excludes halogenated alkanes) is 7. The van der Waals surface area contributed by atoms with E-state index in [1.807, 2.05) is 84.4 Å². The summed E-state index contributed by atoms with van der Waals surface area (Å²) in [5, 5.41) is 0. The van der Waals surface area contributed by atoms with E-state index in [2.05, 4.69) is 78.7 Å². The van der Waals surface area contributed by atoms with Gasteiger partial charge in [0.05, 0.1) is 29.1 Å². The number of rotatable bonds is 28. The normalized spacial score (nSPS) is 24.9. The largest absolute Gasteiger partial charge is 0.460 e. The minimum Gasteiger partial charge on any atom is -0.460 e. The lowest BCUT2D eigenvalue weighted by Crippen LogP contribution is -2.27. The maximum absolute atomic E-state index is 12.6. The molecule has 8 rings (SSSR count). The summed E-state index contributed by atoms with van der Waals surface area (Å²) in [5.74, 6) is 1.16. The predicted molar refractivity (Wildman–Crippen MR) is 282 cm³/mol. The number of hydrogen-bond acceptors (Lipinski definition) is 13. The minimum absolute atomic E-state index is 0.00735. The van der Waals surface area contributed by atoms with Crippen LogP contribution in [0.2, 0.25) is 0 Å². The number of carbonyl (C=O) groups excluding carboxylic acids is 3. The van der Waals surface area contributed by atoms with Gasteiger partial charge in [-0.2, -0.15) is 0 Å². The van der Waals surface area contributed by atoms with Crippen LogP contribution in [-0.4, -0.2) is 70.9 Å². The van der Waals surface area contributed by atoms with Crippen LogP contribution in [0.3, 0.4) is 0 Å². The summed E-state index contributed by atoms with van der Waals surface area (Å²) in [7, 11) is 1.59. The minimum atomic E-state index is -0.542. The van der Waals surface area contributed by atoms with Gasteiger partial charge in [0.2, 0.25) is 0 Å². The van der Waals surface area contributed by atoms with Gasteiger partial charge in [0.1, 0.15) is 28.0 Å². The van der Waals surface area contributed by atoms with E-state index < -0.39 is 11.9 Å². The Bertz CT molecular complexity index is 2400. The van der Waals surface area contributed by atoms with E-state index in [1.54, 1.807) is 19.2 Å². The first-order valence-corrected chi connectivity index (χ1v) is 28.0. The number of esters is 3. The van der Waals surface area contributed by atoms with Crippen LogP contribution < -0.4 is 0 Å². The number of benzene rings is 2. The van der Waals surface area contributed by atoms with Gasteiger partial charge in [0, 0.05) is 58.4 Å². The lowest BCUT2D eigenvalue weighted by atomic mass is 9.93. The molecule has 69 heavy (non-hydrogen) atoms. The zero-order chi connectivity index (χ0) is 48.0. The van der Waals surface area contributed by atoms with Gasteiger partial charge in [-0.25, -0.2) is 14.4 Å². The monoisotopic (exact) mass is 1000 g/mol. The van der Waals surface area contributed by atoms with Gasteiger partial charge in [0.25, 0.3) is 0 Å². The molecule has 2 fully saturated rings. The molecule has 0 radical (unpaired) electrons. The topological polar surface area (TPSA) is 114 Å². The van der Waals surface area contributed by atoms with Gasteiger partial charge in [-0.05, 0) is 85.3 Å². The summed E-state index contributed by atoms with van der Waals surface area (Å²) >= 11 is 8.20. The number of ether oxygens (including phenoxy) is 4. The average Bonchev–Trinajstić information content (AvgIpc) is 4.17. The Morgan fingerprint density at radius 2 is 1.04 bits per heavy atom. The van der Waals surface area contributed by atoms with Gasteiger partial charge in [-0.1, -0.05) is 119 Å². The van der Waals surface area contributed by atoms with Crippen LogP contribution in [0.15, 0.2) is 134 Å². The third kappa shape index (κ3) is 12.6. The highest BCUT2D eigenvalue weighted by molar-refractivity contribution is 8.18. The van der Waals surface area contributed by atoms with Crippen molar-refractivity contribution in [3.05, 3.63) is 168 Å². The van der Waals surface area contributed by atoms with Crippen molar-refractivity contribution in [2.45, 2.75) is 106 Å². The molecular formula is C56H64N2O7S4. The maximum Gasteiger partial charge on any atom is 0.338 e. The van der Waals surface area contributed by atoms with Crippen molar-refractivity contribution >= 4 is 65.0 Å². The molecule has 2 aromatic carbocycles. The second kappa shape index (κ2) is 24.2. The van der Waals surface area contributed by atoms with Crippen molar-refractivity contribution < 1.29 is 33.3 Å². The molecule has 4 aliphatic rings. The van der Waals surface area contributed by atoms with E-state index >= 15 is 0 Å². The number of pyridine rings is 2. The first-order valence-electron chi connectivity index (χ1n) is 24.4. The number of thioether (sulfide) groups is 4. The Morgan fingerprint density at radius 3 is 1.46 bits per heavy atom. The molecule has 4 aromatic rings. The molecule has 6 atom stereocenters. The zero-order valence-corrected chi connectivity index (χ0v) is 42.9. The molecular weight excluding hydrogens is 941 g/mol. The molecule has 2 aliphatic heterocycles. The van der Waals surface area contributed by atoms with Gasteiger partial charge in [0.15, 0.2) is 0 Å². The van der Waals surface area contributed by atoms with Gasteiger partial charge >= 0.3 is 17.9 Å². The SMILES string of the molecule is C=CC(=O)OCCOC(=O)c1ccc(CSC2(c3ccccn3)SC3(CCCCCCCCCCC45C=CC(C4)C(SCc4ccc(C(=O)OCCOC)cc4)(c4ccccn4)S5)C=CC2C3)cc1. The Hall–Kier alpha value is -4.27. The fourth-order valence-electron chi connectivity index (χ4n) is 10.0. The summed E-state index contributed by atoms with van der Waals surface area (Å²) in [6, 6.07) is 28.1. The highest BCUT2D eigenvalue weighted by Gasteiger charge is 2.59. The number of allylic oxidation sites excluding steroid dienone is 2. The number of methoxy groups -OCH3 is 1. The zero-order valence-electron chi connectivity index (χ0n) is 39.6. The van der Waals surface area contributed by atoms with Crippen molar-refractivity contribution in [2.75, 3.05) is 33.5 Å². The molecule has 0 N–H and O–H groups in total. The number of aromatic nitrogens is 2. The smallest absolute Gasteiger partial charge is 0.338 e. The van der Waals surface area contributed by atoms with E-state index in [0.717, 1.165) is 41.0 Å². The van der Waals surface area contributed by atoms with Crippen LogP contribution in [0.4, 0.5) is 0 Å². The quantitative estimate of drug-likeness (QED) is 0.0177. The fraction of sp³-hybridized carbons (Fsp3) is 0.446. The summed E-state index contributed by atoms with van der Waals surface area (Å²) in [6.07, 6.45) is 29.8. The lowest BCUT2D eigenvalue weighted by molar-refractivity contribution is -0.138. The molecule has 0 amide bonds. The molecule has 0 spiro atoms. The number of carbonyl (C=O) groups is 3. The summed E-state index contributed by atoms with van der Waals surface area (Å²) < 4.78 is 20.5. The van der Waals surface area contributed by atoms with Crippen LogP contribution in [0.25, 0.3) is 0 Å². The third-order valence-corrected chi connectivity index (χ3v) is 21.1. The summed E-state index contributed by atoms with van der Waals surface area (Å²) in [4.78, 5) is 46.1. The maximum atomic E-state index is 12.6. The fourth-order valence-corrected chi connectivity index (χ4v) is 17.9. The molecule has 2 saturated heterocycles. The molecule has 6 unspecified atom stereocenters. The van der Waals surface area contributed by atoms with Crippen LogP contribution in [0.1, 0.15) is 120 Å². The van der Waals surface area contributed by atoms with E-state index in [0.29, 0.717) is 29.6 Å². The lowest BCUT2D eigenvalue weighted by Gasteiger charge is -2.36. The Labute approximate surface area is 425 Å². The Morgan fingerprint density at radius 1 is 0.609 bits per heavy atom. The number of fused-ring (bicyclic) bond motifs is 4. The van der Waals surface area contributed by atoms with Gasteiger partial charge in [-0.3, -0.25) is 9.97 Å². The first kappa shape index (κ1) is 51.1.